The fourth-order valence-corrected chi connectivity index (χ4v) is 7.86. The fourth-order valence-electron chi connectivity index (χ4n) is 3.94. The van der Waals surface area contributed by atoms with Crippen LogP contribution in [0.15, 0.2) is 77.7 Å². The monoisotopic (exact) mass is 520 g/mol. The first-order chi connectivity index (χ1) is 17.5. The number of carbonyl (C=O) groups is 1. The van der Waals surface area contributed by atoms with Gasteiger partial charge in [0.05, 0.1) is 6.61 Å². The highest BCUT2D eigenvalue weighted by atomic mass is 32.2. The Labute approximate surface area is 215 Å². The minimum Gasteiger partial charge on any atom is -0.481 e. The lowest BCUT2D eigenvalue weighted by Gasteiger charge is -2.29. The molecule has 1 saturated heterocycles. The molecule has 1 aliphatic rings. The van der Waals surface area contributed by atoms with Crippen LogP contribution in [0, 0.1) is 11.8 Å². The molecule has 9 heteroatoms. The van der Waals surface area contributed by atoms with Crippen molar-refractivity contribution in [3.8, 4) is 11.8 Å². The topological polar surface area (TPSA) is 90.7 Å². The van der Waals surface area contributed by atoms with E-state index in [0.29, 0.717) is 30.9 Å². The van der Waals surface area contributed by atoms with Crippen LogP contribution in [-0.2, 0) is 14.0 Å². The molecule has 0 saturated carbocycles. The third-order valence-corrected chi connectivity index (χ3v) is 10.7. The second kappa shape index (κ2) is 12.2. The largest absolute Gasteiger partial charge is 0.481 e. The second-order valence-electron chi connectivity index (χ2n) is 8.48. The van der Waals surface area contributed by atoms with E-state index in [-0.39, 0.29) is 11.9 Å². The zero-order valence-electron chi connectivity index (χ0n) is 20.0. The summed E-state index contributed by atoms with van der Waals surface area (Å²) in [5.74, 6) is 5.46. The first kappa shape index (κ1) is 25.9. The summed E-state index contributed by atoms with van der Waals surface area (Å²) in [5.41, 5.74) is -0.258. The molecule has 36 heavy (non-hydrogen) atoms. The molecule has 0 bridgehead atoms. The lowest BCUT2D eigenvalue weighted by atomic mass is 10.2. The maximum atomic E-state index is 12.6. The summed E-state index contributed by atoms with van der Waals surface area (Å²) >= 11 is 1.62. The molecule has 0 spiro atoms. The van der Waals surface area contributed by atoms with Gasteiger partial charge in [-0.25, -0.2) is 4.79 Å². The molecule has 2 heterocycles. The number of nitrogens with zero attached hydrogens (tertiary/aromatic N) is 2. The van der Waals surface area contributed by atoms with Crippen LogP contribution in [0.5, 0.6) is 0 Å². The Kier molecular flexibility index (Phi) is 8.77. The van der Waals surface area contributed by atoms with Gasteiger partial charge in [-0.1, -0.05) is 66.6 Å². The number of benzene rings is 2. The third-order valence-electron chi connectivity index (χ3n) is 5.94. The lowest BCUT2D eigenvalue weighted by Crippen LogP contribution is -2.59. The maximum Gasteiger partial charge on any atom is 0.350 e. The van der Waals surface area contributed by atoms with Gasteiger partial charge in [-0.15, -0.1) is 11.8 Å². The Morgan fingerprint density at radius 1 is 1.17 bits per heavy atom. The summed E-state index contributed by atoms with van der Waals surface area (Å²) in [6.45, 7) is 2.61. The molecule has 1 aliphatic heterocycles. The van der Waals surface area contributed by atoms with Crippen LogP contribution in [0.3, 0.4) is 0 Å². The second-order valence-corrected chi connectivity index (χ2v) is 13.2. The average molecular weight is 521 g/mol. The van der Waals surface area contributed by atoms with Crippen LogP contribution in [-0.4, -0.2) is 46.7 Å². The smallest absolute Gasteiger partial charge is 0.350 e. The van der Waals surface area contributed by atoms with E-state index in [9.17, 15) is 9.59 Å². The van der Waals surface area contributed by atoms with Crippen LogP contribution in [0.4, 0.5) is 0 Å². The first-order valence-corrected chi connectivity index (χ1v) is 15.2. The van der Waals surface area contributed by atoms with E-state index in [1.165, 1.54) is 14.9 Å². The van der Waals surface area contributed by atoms with Crippen LogP contribution in [0.25, 0.3) is 0 Å². The molecule has 3 aromatic rings. The minimum atomic E-state index is -2.44. The molecule has 0 amide bonds. The molecule has 0 aliphatic carbocycles. The van der Waals surface area contributed by atoms with Crippen molar-refractivity contribution in [3.63, 3.8) is 0 Å². The Hall–Kier alpha value is -3.16. The van der Waals surface area contributed by atoms with Crippen LogP contribution >= 0.6 is 11.8 Å². The predicted molar refractivity (Wildman–Crippen MR) is 143 cm³/mol. The van der Waals surface area contributed by atoms with E-state index in [0.717, 1.165) is 0 Å². The van der Waals surface area contributed by atoms with Gasteiger partial charge < -0.3 is 14.3 Å². The Balaban J connectivity index is 1.39. The van der Waals surface area contributed by atoms with E-state index in [1.807, 2.05) is 36.4 Å². The van der Waals surface area contributed by atoms with Crippen molar-refractivity contribution in [2.24, 2.45) is 0 Å². The number of hydrogen-bond donors (Lipinski definition) is 1. The van der Waals surface area contributed by atoms with Gasteiger partial charge in [0.2, 0.25) is 0 Å². The molecule has 0 radical (unpaired) electrons. The number of thioether (sulfide) groups is 1. The summed E-state index contributed by atoms with van der Waals surface area (Å²) in [7, 11) is -2.44. The normalized spacial score (nSPS) is 17.4. The van der Waals surface area contributed by atoms with E-state index in [2.05, 4.69) is 47.6 Å². The molecular weight excluding hydrogens is 492 g/mol. The van der Waals surface area contributed by atoms with Gasteiger partial charge in [0.25, 0.3) is 8.32 Å². The summed E-state index contributed by atoms with van der Waals surface area (Å²) in [6, 6.07) is 22.3. The number of rotatable bonds is 9. The van der Waals surface area contributed by atoms with Gasteiger partial charge in [0, 0.05) is 24.8 Å². The van der Waals surface area contributed by atoms with Gasteiger partial charge in [-0.05, 0) is 35.3 Å². The van der Waals surface area contributed by atoms with Crippen molar-refractivity contribution in [2.45, 2.75) is 37.5 Å². The number of hydrogen-bond acceptors (Lipinski definition) is 6. The van der Waals surface area contributed by atoms with Gasteiger partial charge >= 0.3 is 11.7 Å². The molecule has 1 N–H and O–H groups in total. The fraction of sp³-hybridized carbons (Fsp3) is 0.296. The Morgan fingerprint density at radius 3 is 2.44 bits per heavy atom. The summed E-state index contributed by atoms with van der Waals surface area (Å²) in [4.78, 5) is 27.2. The molecule has 0 unspecified atom stereocenters. The Morgan fingerprint density at radius 2 is 1.83 bits per heavy atom. The maximum absolute atomic E-state index is 12.6. The number of carboxylic acid groups (broad SMARTS) is 1. The molecule has 7 nitrogen and oxygen atoms in total. The van der Waals surface area contributed by atoms with Gasteiger partial charge in [0.15, 0.2) is 0 Å². The Bertz CT molecular complexity index is 1250. The van der Waals surface area contributed by atoms with Crippen molar-refractivity contribution < 1.29 is 19.1 Å². The van der Waals surface area contributed by atoms with Crippen LogP contribution in [0.1, 0.15) is 31.2 Å². The number of ether oxygens (including phenoxy) is 1. The third kappa shape index (κ3) is 6.53. The zero-order chi connectivity index (χ0) is 25.4. The quantitative estimate of drug-likeness (QED) is 0.264. The molecule has 1 aromatic heterocycles. The van der Waals surface area contributed by atoms with Gasteiger partial charge in [0.1, 0.15) is 17.4 Å². The molecule has 2 atom stereocenters. The van der Waals surface area contributed by atoms with E-state index in [4.69, 9.17) is 14.3 Å². The zero-order valence-corrected chi connectivity index (χ0v) is 21.8. The molecule has 2 aromatic carbocycles. The SMILES string of the molecule is C[Si](OC[C@H]1O[C@@H](n2ccc(C#CCCCC(=O)O)nc2=O)CS1)(c1ccccc1)c1ccccc1. The van der Waals surface area contributed by atoms with E-state index >= 15 is 0 Å². The van der Waals surface area contributed by atoms with Crippen LogP contribution in [0.2, 0.25) is 6.55 Å². The predicted octanol–water partition coefficient (Wildman–Crippen LogP) is 2.84. The highest BCUT2D eigenvalue weighted by Crippen LogP contribution is 2.31. The average Bonchev–Trinajstić information content (AvgIpc) is 3.37. The number of aliphatic carboxylic acids is 1. The summed E-state index contributed by atoms with van der Waals surface area (Å²) in [6.07, 6.45) is 2.20. The van der Waals surface area contributed by atoms with E-state index < -0.39 is 26.2 Å². The summed E-state index contributed by atoms with van der Waals surface area (Å²) in [5, 5.41) is 11.1. The molecular formula is C27H28N2O5SSi. The molecule has 4 rings (SSSR count). The highest BCUT2D eigenvalue weighted by Gasteiger charge is 2.36. The van der Waals surface area contributed by atoms with Crippen molar-refractivity contribution in [1.82, 2.24) is 9.55 Å². The lowest BCUT2D eigenvalue weighted by molar-refractivity contribution is -0.137. The van der Waals surface area contributed by atoms with Crippen molar-refractivity contribution >= 4 is 36.4 Å². The molecule has 1 fully saturated rings. The minimum absolute atomic E-state index is 0.0730. The molecule has 186 valence electrons. The first-order valence-electron chi connectivity index (χ1n) is 11.8. The summed E-state index contributed by atoms with van der Waals surface area (Å²) < 4.78 is 14.3. The number of aromatic nitrogens is 2. The highest BCUT2D eigenvalue weighted by molar-refractivity contribution is 8.00. The van der Waals surface area contributed by atoms with Crippen LogP contribution < -0.4 is 16.1 Å². The van der Waals surface area contributed by atoms with Crippen molar-refractivity contribution in [3.05, 3.63) is 89.1 Å². The van der Waals surface area contributed by atoms with E-state index in [1.54, 1.807) is 24.0 Å². The standard InChI is InChI=1S/C27H28N2O5SSi/c1-36(22-12-6-3-7-13-22,23-14-8-4-9-15-23)33-19-26-34-24(20-35-26)29-18-17-21(28-27(29)32)11-5-2-10-16-25(30)31/h3-4,6-9,12-15,17-18,24,26H,2,10,16,19-20H2,1H3,(H,30,31)/t24-,26+/m1/s1. The van der Waals surface area contributed by atoms with Gasteiger partial charge in [-0.3, -0.25) is 9.36 Å². The number of unbranched alkanes of at least 4 members (excludes halogenated alkanes) is 1. The van der Waals surface area contributed by atoms with Gasteiger partial charge in [-0.2, -0.15) is 4.98 Å². The van der Waals surface area contributed by atoms with Crippen molar-refractivity contribution in [1.29, 1.82) is 0 Å². The number of carboxylic acids is 1. The van der Waals surface area contributed by atoms with Crippen molar-refractivity contribution in [2.75, 3.05) is 12.4 Å².